The van der Waals surface area contributed by atoms with Crippen molar-refractivity contribution in [3.63, 3.8) is 0 Å². The van der Waals surface area contributed by atoms with Crippen molar-refractivity contribution >= 4 is 23.0 Å². The molecular formula is C14H17NO2S2. The summed E-state index contributed by atoms with van der Waals surface area (Å²) in [7, 11) is 0. The predicted molar refractivity (Wildman–Crippen MR) is 84.5 cm³/mol. The Morgan fingerprint density at radius 3 is 2.58 bits per heavy atom. The molecular weight excluding hydrogens is 278 g/mol. The van der Waals surface area contributed by atoms with E-state index in [4.69, 9.17) is 0 Å². The average molecular weight is 295 g/mol. The van der Waals surface area contributed by atoms with E-state index in [2.05, 4.69) is 19.7 Å². The van der Waals surface area contributed by atoms with Crippen LogP contribution in [0.5, 0.6) is 0 Å². The van der Waals surface area contributed by atoms with E-state index in [9.17, 15) is 8.76 Å². The van der Waals surface area contributed by atoms with Crippen molar-refractivity contribution < 1.29 is 8.76 Å². The van der Waals surface area contributed by atoms with E-state index in [0.717, 1.165) is 16.1 Å². The maximum atomic E-state index is 11.5. The monoisotopic (exact) mass is 295 g/mol. The summed E-state index contributed by atoms with van der Waals surface area (Å²) in [5.41, 5.74) is 2.68. The molecule has 0 aromatic rings. The Balaban J connectivity index is 3.39. The number of thioether (sulfide) groups is 1. The Kier molecular flexibility index (Phi) is 6.08. The minimum Gasteiger partial charge on any atom is -0.289 e. The lowest BCUT2D eigenvalue weighted by molar-refractivity contribution is 0.474. The fourth-order valence-corrected chi connectivity index (χ4v) is 3.17. The zero-order valence-electron chi connectivity index (χ0n) is 10.8. The first kappa shape index (κ1) is 15.8. The summed E-state index contributed by atoms with van der Waals surface area (Å²) >= 11 is -0.666. The standard InChI is InChI=1S/C14H17NO2S2/c1-5-8-9-12-10-15(19(16)17)13(6-2)14(11(12)4)18-7-3/h5-9H,1-3,10H2,4H3,(H,16,17)/b9-8-. The number of nitrogens with zero attached hydrogens (tertiary/aromatic N) is 1. The second kappa shape index (κ2) is 7.33. The molecule has 0 spiro atoms. The summed E-state index contributed by atoms with van der Waals surface area (Å²) in [5.74, 6) is 0. The highest BCUT2D eigenvalue weighted by atomic mass is 32.2. The first-order valence-electron chi connectivity index (χ1n) is 5.58. The molecule has 1 unspecified atom stereocenters. The van der Waals surface area contributed by atoms with Crippen molar-refractivity contribution in [2.45, 2.75) is 6.92 Å². The largest absolute Gasteiger partial charge is 0.289 e. The quantitative estimate of drug-likeness (QED) is 0.599. The van der Waals surface area contributed by atoms with Gasteiger partial charge in [-0.15, -0.1) is 0 Å². The van der Waals surface area contributed by atoms with Crippen LogP contribution in [0.2, 0.25) is 0 Å². The van der Waals surface area contributed by atoms with E-state index in [1.54, 1.807) is 17.6 Å². The van der Waals surface area contributed by atoms with Crippen LogP contribution < -0.4 is 0 Å². The van der Waals surface area contributed by atoms with Crippen molar-refractivity contribution in [3.8, 4) is 0 Å². The van der Waals surface area contributed by atoms with Gasteiger partial charge in [0.2, 0.25) is 0 Å². The van der Waals surface area contributed by atoms with Gasteiger partial charge >= 0.3 is 0 Å². The van der Waals surface area contributed by atoms with Crippen LogP contribution in [0.1, 0.15) is 6.92 Å². The Labute approximate surface area is 121 Å². The molecule has 0 aliphatic carbocycles. The molecule has 19 heavy (non-hydrogen) atoms. The molecule has 1 N–H and O–H groups in total. The smallest absolute Gasteiger partial charge is 0.262 e. The van der Waals surface area contributed by atoms with Crippen LogP contribution in [0.3, 0.4) is 0 Å². The number of rotatable bonds is 6. The van der Waals surface area contributed by atoms with Crippen LogP contribution in [-0.4, -0.2) is 19.6 Å². The molecule has 0 fully saturated rings. The summed E-state index contributed by atoms with van der Waals surface area (Å²) in [6, 6.07) is 0. The molecule has 1 aliphatic rings. The fraction of sp³-hybridized carbons (Fsp3) is 0.143. The summed E-state index contributed by atoms with van der Waals surface area (Å²) < 4.78 is 22.3. The molecule has 0 bridgehead atoms. The van der Waals surface area contributed by atoms with Gasteiger partial charge in [-0.05, 0) is 29.6 Å². The normalized spacial score (nSPS) is 17.9. The Morgan fingerprint density at radius 1 is 1.42 bits per heavy atom. The van der Waals surface area contributed by atoms with Crippen molar-refractivity contribution in [1.82, 2.24) is 4.31 Å². The lowest BCUT2D eigenvalue weighted by Gasteiger charge is -2.30. The summed E-state index contributed by atoms with van der Waals surface area (Å²) in [4.78, 5) is 0.891. The van der Waals surface area contributed by atoms with Crippen LogP contribution in [0.25, 0.3) is 0 Å². The van der Waals surface area contributed by atoms with E-state index in [0.29, 0.717) is 12.2 Å². The highest BCUT2D eigenvalue weighted by molar-refractivity contribution is 8.06. The third-order valence-electron chi connectivity index (χ3n) is 2.65. The van der Waals surface area contributed by atoms with Gasteiger partial charge in [-0.3, -0.25) is 8.86 Å². The summed E-state index contributed by atoms with van der Waals surface area (Å²) in [6.45, 7) is 13.4. The van der Waals surface area contributed by atoms with Crippen LogP contribution in [0, 0.1) is 0 Å². The van der Waals surface area contributed by atoms with Crippen LogP contribution in [-0.2, 0) is 11.3 Å². The molecule has 1 rings (SSSR count). The zero-order valence-corrected chi connectivity index (χ0v) is 12.5. The molecule has 5 heteroatoms. The minimum absolute atomic E-state index is 0.363. The molecule has 0 saturated carbocycles. The number of allylic oxidation sites excluding steroid dienone is 4. The molecule has 1 atom stereocenters. The molecule has 0 aromatic heterocycles. The highest BCUT2D eigenvalue weighted by Gasteiger charge is 2.25. The van der Waals surface area contributed by atoms with E-state index in [-0.39, 0.29) is 0 Å². The van der Waals surface area contributed by atoms with Gasteiger partial charge in [0.15, 0.2) is 0 Å². The SMILES string of the molecule is C=C/C=C\C1=C(C)C(SC=C)=C(C=C)N(S(=O)O)C1. The Morgan fingerprint density at radius 2 is 2.11 bits per heavy atom. The topological polar surface area (TPSA) is 40.5 Å². The molecule has 1 aliphatic heterocycles. The maximum absolute atomic E-state index is 11.5. The van der Waals surface area contributed by atoms with Gasteiger partial charge in [0.25, 0.3) is 11.3 Å². The predicted octanol–water partition coefficient (Wildman–Crippen LogP) is 3.77. The van der Waals surface area contributed by atoms with Gasteiger partial charge in [-0.2, -0.15) is 0 Å². The first-order valence-corrected chi connectivity index (χ1v) is 7.53. The van der Waals surface area contributed by atoms with Crippen molar-refractivity contribution in [1.29, 1.82) is 0 Å². The summed E-state index contributed by atoms with van der Waals surface area (Å²) in [5, 5.41) is 1.70. The first-order chi connectivity index (χ1) is 9.06. The maximum Gasteiger partial charge on any atom is 0.262 e. The van der Waals surface area contributed by atoms with Crippen molar-refractivity contribution in [3.05, 3.63) is 71.2 Å². The third kappa shape index (κ3) is 3.59. The van der Waals surface area contributed by atoms with Crippen molar-refractivity contribution in [2.75, 3.05) is 6.54 Å². The van der Waals surface area contributed by atoms with Crippen LogP contribution >= 0.6 is 11.8 Å². The van der Waals surface area contributed by atoms with E-state index in [1.165, 1.54) is 16.1 Å². The lowest BCUT2D eigenvalue weighted by atomic mass is 10.0. The molecule has 3 nitrogen and oxygen atoms in total. The van der Waals surface area contributed by atoms with Crippen molar-refractivity contribution in [2.24, 2.45) is 0 Å². The van der Waals surface area contributed by atoms with Gasteiger partial charge in [0, 0.05) is 4.91 Å². The van der Waals surface area contributed by atoms with Gasteiger partial charge in [0.1, 0.15) is 0 Å². The minimum atomic E-state index is -2.08. The molecule has 1 heterocycles. The second-order valence-corrected chi connectivity index (χ2v) is 5.59. The fourth-order valence-electron chi connectivity index (χ4n) is 1.74. The van der Waals surface area contributed by atoms with E-state index in [1.807, 2.05) is 19.1 Å². The Bertz CT molecular complexity index is 516. The van der Waals surface area contributed by atoms with E-state index < -0.39 is 11.3 Å². The number of hydrogen-bond donors (Lipinski definition) is 1. The second-order valence-electron chi connectivity index (χ2n) is 3.72. The van der Waals surface area contributed by atoms with E-state index >= 15 is 0 Å². The zero-order chi connectivity index (χ0) is 14.4. The molecule has 0 amide bonds. The molecule has 0 radical (unpaired) electrons. The average Bonchev–Trinajstić information content (AvgIpc) is 2.39. The third-order valence-corrected chi connectivity index (χ3v) is 4.27. The van der Waals surface area contributed by atoms with Gasteiger partial charge in [-0.25, -0.2) is 4.21 Å². The Hall–Kier alpha value is -1.30. The molecule has 102 valence electrons. The molecule has 0 aromatic carbocycles. The summed E-state index contributed by atoms with van der Waals surface area (Å²) in [6.07, 6.45) is 6.98. The number of hydrogen-bond acceptors (Lipinski definition) is 2. The van der Waals surface area contributed by atoms with Gasteiger partial charge in [-0.1, -0.05) is 49.7 Å². The van der Waals surface area contributed by atoms with Crippen LogP contribution in [0.4, 0.5) is 0 Å². The molecule has 0 saturated heterocycles. The van der Waals surface area contributed by atoms with Gasteiger partial charge in [0.05, 0.1) is 12.2 Å². The highest BCUT2D eigenvalue weighted by Crippen LogP contribution is 2.36. The lowest BCUT2D eigenvalue weighted by Crippen LogP contribution is -2.30. The van der Waals surface area contributed by atoms with Gasteiger partial charge < -0.3 is 0 Å². The van der Waals surface area contributed by atoms with Crippen LogP contribution in [0.15, 0.2) is 71.2 Å².